The quantitative estimate of drug-likeness (QED) is 0.570. The van der Waals surface area contributed by atoms with Crippen molar-refractivity contribution in [2.75, 3.05) is 41.3 Å². The van der Waals surface area contributed by atoms with Crippen LogP contribution < -0.4 is 10.1 Å². The minimum atomic E-state index is -0.112. The molecule has 0 saturated heterocycles. The van der Waals surface area contributed by atoms with Gasteiger partial charge in [-0.1, -0.05) is 24.3 Å². The number of amides is 1. The Bertz CT molecular complexity index is 969. The van der Waals surface area contributed by atoms with E-state index in [9.17, 15) is 4.79 Å². The van der Waals surface area contributed by atoms with Crippen LogP contribution in [0.25, 0.3) is 11.1 Å². The van der Waals surface area contributed by atoms with Gasteiger partial charge in [-0.3, -0.25) is 14.8 Å². The molecule has 0 aliphatic carbocycles. The first-order chi connectivity index (χ1) is 14.5. The van der Waals surface area contributed by atoms with Gasteiger partial charge >= 0.3 is 0 Å². The van der Waals surface area contributed by atoms with E-state index in [0.717, 1.165) is 29.9 Å². The Morgan fingerprint density at radius 1 is 1.13 bits per heavy atom. The number of hydrogen-bond acceptors (Lipinski definition) is 5. The van der Waals surface area contributed by atoms with Gasteiger partial charge in [0, 0.05) is 45.5 Å². The second-order valence-corrected chi connectivity index (χ2v) is 7.41. The fourth-order valence-corrected chi connectivity index (χ4v) is 3.14. The van der Waals surface area contributed by atoms with E-state index >= 15 is 0 Å². The van der Waals surface area contributed by atoms with E-state index < -0.39 is 0 Å². The summed E-state index contributed by atoms with van der Waals surface area (Å²) in [6, 6.07) is 15.2. The summed E-state index contributed by atoms with van der Waals surface area (Å²) in [7, 11) is 7.48. The highest BCUT2D eigenvalue weighted by Gasteiger charge is 2.19. The van der Waals surface area contributed by atoms with Crippen molar-refractivity contribution in [3.05, 3.63) is 66.0 Å². The molecule has 0 radical (unpaired) electrons. The van der Waals surface area contributed by atoms with Crippen LogP contribution in [0.4, 0.5) is 0 Å². The largest absolute Gasteiger partial charge is 0.457 e. The Hall–Kier alpha value is -3.16. The van der Waals surface area contributed by atoms with Crippen molar-refractivity contribution in [2.45, 2.75) is 6.54 Å². The van der Waals surface area contributed by atoms with Crippen LogP contribution >= 0.6 is 0 Å². The van der Waals surface area contributed by atoms with Gasteiger partial charge in [0.05, 0.1) is 11.3 Å². The van der Waals surface area contributed by atoms with Crippen LogP contribution in [0.3, 0.4) is 0 Å². The number of carbonyl (C=O) groups is 1. The molecule has 7 nitrogen and oxygen atoms in total. The lowest BCUT2D eigenvalue weighted by atomic mass is 10.0. The molecule has 3 rings (SSSR count). The number of para-hydroxylation sites is 1. The monoisotopic (exact) mass is 407 g/mol. The lowest BCUT2D eigenvalue weighted by Gasteiger charge is -2.17. The van der Waals surface area contributed by atoms with Gasteiger partial charge in [-0.2, -0.15) is 5.10 Å². The molecule has 7 heteroatoms. The standard InChI is InChI=1S/C23H29N5O2/c1-24-12-13-28(4)16-21-20(15-25-26-21)17-10-11-22(19(14-17)23(29)27(2)3)30-18-8-6-5-7-9-18/h5-11,14-15,24H,12-13,16H2,1-4H3,(H,25,26). The van der Waals surface area contributed by atoms with Crippen LogP contribution in [-0.2, 0) is 6.54 Å². The number of aromatic amines is 1. The first-order valence-electron chi connectivity index (χ1n) is 9.94. The second kappa shape index (κ2) is 10.0. The zero-order valence-electron chi connectivity index (χ0n) is 18.0. The van der Waals surface area contributed by atoms with E-state index in [1.807, 2.05) is 61.8 Å². The molecular weight excluding hydrogens is 378 g/mol. The molecule has 1 amide bonds. The predicted molar refractivity (Wildman–Crippen MR) is 119 cm³/mol. The Labute approximate surface area is 177 Å². The molecule has 0 unspecified atom stereocenters. The maximum absolute atomic E-state index is 12.9. The first kappa shape index (κ1) is 21.5. The lowest BCUT2D eigenvalue weighted by molar-refractivity contribution is 0.0825. The van der Waals surface area contributed by atoms with Gasteiger partial charge in [0.15, 0.2) is 0 Å². The van der Waals surface area contributed by atoms with Crippen LogP contribution in [-0.4, -0.2) is 67.2 Å². The molecule has 30 heavy (non-hydrogen) atoms. The Balaban J connectivity index is 1.93. The molecule has 3 aromatic rings. The third-order valence-electron chi connectivity index (χ3n) is 4.78. The Morgan fingerprint density at radius 3 is 2.60 bits per heavy atom. The number of rotatable bonds is 9. The van der Waals surface area contributed by atoms with Crippen LogP contribution in [0.5, 0.6) is 11.5 Å². The molecule has 2 aromatic carbocycles. The van der Waals surface area contributed by atoms with E-state index in [1.165, 1.54) is 0 Å². The molecule has 0 atom stereocenters. The summed E-state index contributed by atoms with van der Waals surface area (Å²) >= 11 is 0. The van der Waals surface area contributed by atoms with E-state index in [-0.39, 0.29) is 5.91 Å². The van der Waals surface area contributed by atoms with Crippen LogP contribution in [0.2, 0.25) is 0 Å². The van der Waals surface area contributed by atoms with E-state index in [4.69, 9.17) is 4.74 Å². The van der Waals surface area contributed by atoms with Crippen molar-refractivity contribution in [3.8, 4) is 22.6 Å². The average Bonchev–Trinajstić information content (AvgIpc) is 3.20. The highest BCUT2D eigenvalue weighted by atomic mass is 16.5. The minimum Gasteiger partial charge on any atom is -0.457 e. The SMILES string of the molecule is CNCCN(C)Cc1n[nH]cc1-c1ccc(Oc2ccccc2)c(C(=O)N(C)C)c1. The maximum Gasteiger partial charge on any atom is 0.257 e. The number of nitrogens with zero attached hydrogens (tertiary/aromatic N) is 3. The Morgan fingerprint density at radius 2 is 1.90 bits per heavy atom. The zero-order valence-corrected chi connectivity index (χ0v) is 18.0. The number of nitrogens with one attached hydrogen (secondary N) is 2. The number of aromatic nitrogens is 2. The number of H-pyrrole nitrogens is 1. The summed E-state index contributed by atoms with van der Waals surface area (Å²) in [5.74, 6) is 1.10. The summed E-state index contributed by atoms with van der Waals surface area (Å²) < 4.78 is 6.01. The molecular formula is C23H29N5O2. The fourth-order valence-electron chi connectivity index (χ4n) is 3.14. The van der Waals surface area contributed by atoms with Crippen molar-refractivity contribution >= 4 is 5.91 Å². The van der Waals surface area contributed by atoms with E-state index in [1.54, 1.807) is 19.0 Å². The van der Waals surface area contributed by atoms with Gasteiger partial charge in [0.25, 0.3) is 5.91 Å². The number of likely N-dealkylation sites (N-methyl/N-ethyl adjacent to an activating group) is 2. The molecule has 0 fully saturated rings. The van der Waals surface area contributed by atoms with Gasteiger partial charge in [-0.05, 0) is 43.9 Å². The van der Waals surface area contributed by atoms with Crippen molar-refractivity contribution in [2.24, 2.45) is 0 Å². The average molecular weight is 408 g/mol. The minimum absolute atomic E-state index is 0.112. The molecule has 1 aromatic heterocycles. The van der Waals surface area contributed by atoms with Crippen molar-refractivity contribution < 1.29 is 9.53 Å². The second-order valence-electron chi connectivity index (χ2n) is 7.41. The summed E-state index contributed by atoms with van der Waals surface area (Å²) in [5, 5.41) is 10.5. The molecule has 0 aliphatic rings. The zero-order chi connectivity index (χ0) is 21.5. The highest BCUT2D eigenvalue weighted by molar-refractivity contribution is 5.98. The normalized spacial score (nSPS) is 11.0. The molecule has 2 N–H and O–H groups in total. The summed E-state index contributed by atoms with van der Waals surface area (Å²) in [6.07, 6.45) is 1.87. The molecule has 0 saturated carbocycles. The number of carbonyl (C=O) groups excluding carboxylic acids is 1. The molecule has 0 spiro atoms. The van der Waals surface area contributed by atoms with Crippen molar-refractivity contribution in [3.63, 3.8) is 0 Å². The van der Waals surface area contributed by atoms with Crippen molar-refractivity contribution in [1.82, 2.24) is 25.3 Å². The van der Waals surface area contributed by atoms with Crippen LogP contribution in [0.15, 0.2) is 54.7 Å². The van der Waals surface area contributed by atoms with Gasteiger partial charge < -0.3 is 15.0 Å². The lowest BCUT2D eigenvalue weighted by Crippen LogP contribution is -2.27. The number of benzene rings is 2. The smallest absolute Gasteiger partial charge is 0.257 e. The van der Waals surface area contributed by atoms with Gasteiger partial charge in [-0.25, -0.2) is 0 Å². The molecule has 1 heterocycles. The topological polar surface area (TPSA) is 73.5 Å². The summed E-state index contributed by atoms with van der Waals surface area (Å²) in [5.41, 5.74) is 3.35. The third kappa shape index (κ3) is 5.25. The molecule has 0 bridgehead atoms. The van der Waals surface area contributed by atoms with Crippen LogP contribution in [0.1, 0.15) is 16.1 Å². The first-order valence-corrected chi connectivity index (χ1v) is 9.94. The van der Waals surface area contributed by atoms with Gasteiger partial charge in [-0.15, -0.1) is 0 Å². The summed E-state index contributed by atoms with van der Waals surface area (Å²) in [4.78, 5) is 16.6. The maximum atomic E-state index is 12.9. The predicted octanol–water partition coefficient (Wildman–Crippen LogP) is 3.22. The van der Waals surface area contributed by atoms with Gasteiger partial charge in [0.2, 0.25) is 0 Å². The van der Waals surface area contributed by atoms with E-state index in [0.29, 0.717) is 23.6 Å². The third-order valence-corrected chi connectivity index (χ3v) is 4.78. The van der Waals surface area contributed by atoms with Gasteiger partial charge in [0.1, 0.15) is 11.5 Å². The number of ether oxygens (including phenoxy) is 1. The fraction of sp³-hybridized carbons (Fsp3) is 0.304. The van der Waals surface area contributed by atoms with E-state index in [2.05, 4.69) is 27.5 Å². The van der Waals surface area contributed by atoms with Crippen molar-refractivity contribution in [1.29, 1.82) is 0 Å². The Kier molecular flexibility index (Phi) is 7.21. The van der Waals surface area contributed by atoms with Crippen LogP contribution in [0, 0.1) is 0 Å². The highest BCUT2D eigenvalue weighted by Crippen LogP contribution is 2.32. The molecule has 158 valence electrons. The molecule has 0 aliphatic heterocycles. The summed E-state index contributed by atoms with van der Waals surface area (Å²) in [6.45, 7) is 2.53. The number of hydrogen-bond donors (Lipinski definition) is 2.